The Morgan fingerprint density at radius 3 is 2.70 bits per heavy atom. The van der Waals surface area contributed by atoms with Crippen molar-refractivity contribution in [2.24, 2.45) is 0 Å². The van der Waals surface area contributed by atoms with Crippen molar-refractivity contribution in [1.29, 1.82) is 0 Å². The van der Waals surface area contributed by atoms with Crippen molar-refractivity contribution in [1.82, 2.24) is 4.72 Å². The molecule has 0 saturated carbocycles. The molecule has 0 bridgehead atoms. The predicted molar refractivity (Wildman–Crippen MR) is 83.7 cm³/mol. The van der Waals surface area contributed by atoms with Crippen molar-refractivity contribution in [2.75, 3.05) is 5.73 Å². The van der Waals surface area contributed by atoms with E-state index in [0.717, 1.165) is 5.56 Å². The number of anilines is 1. The Hall–Kier alpha value is -1.08. The zero-order valence-corrected chi connectivity index (χ0v) is 13.4. The summed E-state index contributed by atoms with van der Waals surface area (Å²) < 4.78 is 27.5. The molecule has 4 nitrogen and oxygen atoms in total. The summed E-state index contributed by atoms with van der Waals surface area (Å²) in [4.78, 5) is 0.115. The number of nitrogens with one attached hydrogen (secondary N) is 1. The van der Waals surface area contributed by atoms with Crippen LogP contribution < -0.4 is 10.5 Å². The minimum atomic E-state index is -3.67. The molecule has 3 N–H and O–H groups in total. The Balaban J connectivity index is 2.36. The first kappa shape index (κ1) is 15.3. The zero-order valence-electron chi connectivity index (χ0n) is 11.1. The van der Waals surface area contributed by atoms with Gasteiger partial charge in [-0.3, -0.25) is 0 Å². The monoisotopic (exact) mass is 330 g/mol. The third-order valence-corrected chi connectivity index (χ3v) is 5.62. The van der Waals surface area contributed by atoms with Gasteiger partial charge in [0, 0.05) is 16.8 Å². The Bertz CT molecular complexity index is 712. The Kier molecular flexibility index (Phi) is 4.39. The standard InChI is InChI=1S/C13H15ClN2O2S2/c1-8-12(15)5-11(14)6-13(8)20(17,18)16-9(2)10-3-4-19-7-10/h3-7,9,16H,15H2,1-2H3. The molecule has 1 aromatic heterocycles. The lowest BCUT2D eigenvalue weighted by atomic mass is 10.2. The number of benzene rings is 1. The second-order valence-corrected chi connectivity index (χ2v) is 7.42. The third-order valence-electron chi connectivity index (χ3n) is 3.03. The maximum absolute atomic E-state index is 12.4. The van der Waals surface area contributed by atoms with Crippen LogP contribution in [0.1, 0.15) is 24.1 Å². The van der Waals surface area contributed by atoms with Gasteiger partial charge in [-0.2, -0.15) is 11.3 Å². The minimum absolute atomic E-state index is 0.115. The molecule has 2 aromatic rings. The molecule has 0 aliphatic carbocycles. The molecule has 0 aliphatic heterocycles. The van der Waals surface area contributed by atoms with Crippen molar-refractivity contribution in [3.8, 4) is 0 Å². The van der Waals surface area contributed by atoms with Crippen LogP contribution in [0.5, 0.6) is 0 Å². The maximum Gasteiger partial charge on any atom is 0.241 e. The zero-order chi connectivity index (χ0) is 14.9. The van der Waals surface area contributed by atoms with E-state index in [2.05, 4.69) is 4.72 Å². The van der Waals surface area contributed by atoms with Gasteiger partial charge < -0.3 is 5.73 Å². The molecule has 0 saturated heterocycles. The summed E-state index contributed by atoms with van der Waals surface area (Å²) >= 11 is 7.42. The topological polar surface area (TPSA) is 72.2 Å². The van der Waals surface area contributed by atoms with Crippen LogP contribution in [0.25, 0.3) is 0 Å². The summed E-state index contributed by atoms with van der Waals surface area (Å²) in [5, 5.41) is 4.12. The van der Waals surface area contributed by atoms with Crippen molar-refractivity contribution in [2.45, 2.75) is 24.8 Å². The second kappa shape index (κ2) is 5.73. The van der Waals surface area contributed by atoms with Crippen LogP contribution in [0.4, 0.5) is 5.69 Å². The van der Waals surface area contributed by atoms with Crippen LogP contribution in [0.2, 0.25) is 5.02 Å². The molecule has 1 atom stereocenters. The van der Waals surface area contributed by atoms with Gasteiger partial charge in [0.1, 0.15) is 0 Å². The number of rotatable bonds is 4. The van der Waals surface area contributed by atoms with E-state index in [1.165, 1.54) is 23.5 Å². The summed E-state index contributed by atoms with van der Waals surface area (Å²) in [7, 11) is -3.67. The van der Waals surface area contributed by atoms with Crippen molar-refractivity contribution in [3.63, 3.8) is 0 Å². The van der Waals surface area contributed by atoms with E-state index in [-0.39, 0.29) is 10.9 Å². The third kappa shape index (κ3) is 3.15. The number of hydrogen-bond acceptors (Lipinski definition) is 4. The van der Waals surface area contributed by atoms with Gasteiger partial charge in [0.15, 0.2) is 0 Å². The van der Waals surface area contributed by atoms with E-state index in [0.29, 0.717) is 16.3 Å². The molecule has 0 radical (unpaired) electrons. The lowest BCUT2D eigenvalue weighted by molar-refractivity contribution is 0.566. The molecule has 1 aromatic carbocycles. The molecule has 0 aliphatic rings. The van der Waals surface area contributed by atoms with Crippen LogP contribution in [0.15, 0.2) is 33.9 Å². The molecule has 0 fully saturated rings. The molecule has 108 valence electrons. The quantitative estimate of drug-likeness (QED) is 0.844. The summed E-state index contributed by atoms with van der Waals surface area (Å²) in [6, 6.07) is 4.52. The molecular weight excluding hydrogens is 316 g/mol. The Labute approximate surface area is 127 Å². The highest BCUT2D eigenvalue weighted by atomic mass is 35.5. The van der Waals surface area contributed by atoms with E-state index in [1.54, 1.807) is 13.8 Å². The van der Waals surface area contributed by atoms with Gasteiger partial charge in [-0.05, 0) is 53.9 Å². The van der Waals surface area contributed by atoms with Gasteiger partial charge in [-0.25, -0.2) is 13.1 Å². The average Bonchev–Trinajstić information content (AvgIpc) is 2.86. The van der Waals surface area contributed by atoms with E-state index in [9.17, 15) is 8.42 Å². The fraction of sp³-hybridized carbons (Fsp3) is 0.231. The van der Waals surface area contributed by atoms with Crippen LogP contribution in [-0.2, 0) is 10.0 Å². The molecule has 1 heterocycles. The van der Waals surface area contributed by atoms with E-state index in [1.807, 2.05) is 16.8 Å². The van der Waals surface area contributed by atoms with Gasteiger partial charge in [0.05, 0.1) is 4.90 Å². The van der Waals surface area contributed by atoms with E-state index < -0.39 is 10.0 Å². The normalized spacial score (nSPS) is 13.3. The smallest absolute Gasteiger partial charge is 0.241 e. The summed E-state index contributed by atoms with van der Waals surface area (Å²) in [6.45, 7) is 3.46. The van der Waals surface area contributed by atoms with Crippen molar-refractivity contribution >= 4 is 38.6 Å². The summed E-state index contributed by atoms with van der Waals surface area (Å²) in [6.07, 6.45) is 0. The van der Waals surface area contributed by atoms with Gasteiger partial charge in [0.2, 0.25) is 10.0 Å². The average molecular weight is 331 g/mol. The largest absolute Gasteiger partial charge is 0.398 e. The van der Waals surface area contributed by atoms with Gasteiger partial charge in [0.25, 0.3) is 0 Å². The van der Waals surface area contributed by atoms with Crippen LogP contribution >= 0.6 is 22.9 Å². The first-order valence-corrected chi connectivity index (χ1v) is 8.71. The van der Waals surface area contributed by atoms with Gasteiger partial charge >= 0.3 is 0 Å². The Morgan fingerprint density at radius 2 is 2.10 bits per heavy atom. The highest BCUT2D eigenvalue weighted by Gasteiger charge is 2.22. The summed E-state index contributed by atoms with van der Waals surface area (Å²) in [5.41, 5.74) is 7.55. The molecule has 7 heteroatoms. The van der Waals surface area contributed by atoms with Crippen molar-refractivity contribution < 1.29 is 8.42 Å². The van der Waals surface area contributed by atoms with Crippen LogP contribution in [0.3, 0.4) is 0 Å². The highest BCUT2D eigenvalue weighted by Crippen LogP contribution is 2.27. The molecule has 2 rings (SSSR count). The molecular formula is C13H15ClN2O2S2. The van der Waals surface area contributed by atoms with E-state index in [4.69, 9.17) is 17.3 Å². The van der Waals surface area contributed by atoms with Crippen LogP contribution in [-0.4, -0.2) is 8.42 Å². The number of hydrogen-bond donors (Lipinski definition) is 2. The second-order valence-electron chi connectivity index (χ2n) is 4.52. The highest BCUT2D eigenvalue weighted by molar-refractivity contribution is 7.89. The molecule has 20 heavy (non-hydrogen) atoms. The molecule has 0 spiro atoms. The summed E-state index contributed by atoms with van der Waals surface area (Å²) in [5.74, 6) is 0. The van der Waals surface area contributed by atoms with Crippen LogP contribution in [0, 0.1) is 6.92 Å². The van der Waals surface area contributed by atoms with Crippen molar-refractivity contribution in [3.05, 3.63) is 45.1 Å². The minimum Gasteiger partial charge on any atom is -0.398 e. The Morgan fingerprint density at radius 1 is 1.40 bits per heavy atom. The number of nitrogen functional groups attached to an aromatic ring is 1. The maximum atomic E-state index is 12.4. The fourth-order valence-corrected chi connectivity index (χ4v) is 4.42. The first-order chi connectivity index (χ1) is 9.31. The molecule has 1 unspecified atom stereocenters. The van der Waals surface area contributed by atoms with Gasteiger partial charge in [-0.1, -0.05) is 11.6 Å². The predicted octanol–water partition coefficient (Wildman–Crippen LogP) is 3.33. The number of halogens is 1. The lowest BCUT2D eigenvalue weighted by Crippen LogP contribution is -2.27. The number of sulfonamides is 1. The van der Waals surface area contributed by atoms with E-state index >= 15 is 0 Å². The molecule has 0 amide bonds. The number of nitrogens with two attached hydrogens (primary N) is 1. The fourth-order valence-electron chi connectivity index (χ4n) is 1.84. The van der Waals surface area contributed by atoms with Gasteiger partial charge in [-0.15, -0.1) is 0 Å². The first-order valence-electron chi connectivity index (χ1n) is 5.91. The number of thiophene rings is 1. The SMILES string of the molecule is Cc1c(N)cc(Cl)cc1S(=O)(=O)NC(C)c1ccsc1. The lowest BCUT2D eigenvalue weighted by Gasteiger charge is -2.15.